The third kappa shape index (κ3) is 4.53. The van der Waals surface area contributed by atoms with Crippen LogP contribution in [0.2, 0.25) is 0 Å². The van der Waals surface area contributed by atoms with E-state index >= 15 is 0 Å². The molecule has 0 spiro atoms. The van der Waals surface area contributed by atoms with Crippen molar-refractivity contribution in [2.45, 2.75) is 45.8 Å². The van der Waals surface area contributed by atoms with E-state index < -0.39 is 11.7 Å². The van der Waals surface area contributed by atoms with E-state index in [1.165, 1.54) is 6.07 Å². The van der Waals surface area contributed by atoms with Crippen LogP contribution in [0.1, 0.15) is 38.3 Å². The van der Waals surface area contributed by atoms with E-state index in [4.69, 9.17) is 0 Å². The molecular weight excluding hydrogens is 251 g/mol. The Bertz CT molecular complexity index is 405. The van der Waals surface area contributed by atoms with Gasteiger partial charge in [0.25, 0.3) is 0 Å². The van der Waals surface area contributed by atoms with Crippen LogP contribution in [-0.4, -0.2) is 13.1 Å². The van der Waals surface area contributed by atoms with Gasteiger partial charge in [-0.15, -0.1) is 0 Å². The molecule has 1 N–H and O–H groups in total. The fraction of sp³-hybridized carbons (Fsp3) is 0.600. The van der Waals surface area contributed by atoms with Gasteiger partial charge in [0.1, 0.15) is 0 Å². The number of benzene rings is 1. The Hall–Kier alpha value is -1.03. The summed E-state index contributed by atoms with van der Waals surface area (Å²) in [7, 11) is 1.85. The lowest BCUT2D eigenvalue weighted by Gasteiger charge is -2.30. The first kappa shape index (κ1) is 16.0. The van der Waals surface area contributed by atoms with Gasteiger partial charge in [0.05, 0.1) is 5.56 Å². The maximum absolute atomic E-state index is 12.9. The third-order valence-electron chi connectivity index (χ3n) is 3.42. The van der Waals surface area contributed by atoms with E-state index in [0.29, 0.717) is 18.4 Å². The van der Waals surface area contributed by atoms with Gasteiger partial charge in [-0.05, 0) is 36.9 Å². The minimum Gasteiger partial charge on any atom is -0.316 e. The summed E-state index contributed by atoms with van der Waals surface area (Å²) in [6.45, 7) is 6.26. The Balaban J connectivity index is 2.84. The lowest BCUT2D eigenvalue weighted by Crippen LogP contribution is -2.38. The molecule has 0 aliphatic rings. The van der Waals surface area contributed by atoms with E-state index in [0.717, 1.165) is 6.07 Å². The number of halogens is 3. The lowest BCUT2D eigenvalue weighted by molar-refractivity contribution is -0.138. The fourth-order valence-electron chi connectivity index (χ4n) is 2.33. The molecule has 1 unspecified atom stereocenters. The SMILES string of the molecule is CNC(CCc1ccccc1C(F)(F)F)C(C)(C)C. The molecular formula is C15H22F3N. The zero-order chi connectivity index (χ0) is 14.7. The predicted octanol–water partition coefficient (Wildman–Crippen LogP) is 4.27. The van der Waals surface area contributed by atoms with Gasteiger partial charge in [-0.3, -0.25) is 0 Å². The van der Waals surface area contributed by atoms with Crippen molar-refractivity contribution < 1.29 is 13.2 Å². The van der Waals surface area contributed by atoms with Gasteiger partial charge in [0.15, 0.2) is 0 Å². The summed E-state index contributed by atoms with van der Waals surface area (Å²) in [4.78, 5) is 0. The van der Waals surface area contributed by atoms with E-state index in [2.05, 4.69) is 26.1 Å². The molecule has 0 heterocycles. The monoisotopic (exact) mass is 273 g/mol. The molecule has 1 nitrogen and oxygen atoms in total. The van der Waals surface area contributed by atoms with E-state index in [9.17, 15) is 13.2 Å². The molecule has 108 valence electrons. The highest BCUT2D eigenvalue weighted by atomic mass is 19.4. The van der Waals surface area contributed by atoms with Gasteiger partial charge < -0.3 is 5.32 Å². The summed E-state index contributed by atoms with van der Waals surface area (Å²) in [6.07, 6.45) is -3.15. The summed E-state index contributed by atoms with van der Waals surface area (Å²) in [6, 6.07) is 6.01. The highest BCUT2D eigenvalue weighted by Crippen LogP contribution is 2.33. The van der Waals surface area contributed by atoms with Crippen LogP contribution >= 0.6 is 0 Å². The van der Waals surface area contributed by atoms with Crippen molar-refractivity contribution in [2.75, 3.05) is 7.05 Å². The van der Waals surface area contributed by atoms with Crippen LogP contribution in [0.5, 0.6) is 0 Å². The van der Waals surface area contributed by atoms with Gasteiger partial charge in [-0.1, -0.05) is 39.0 Å². The Kier molecular flexibility index (Phi) is 5.02. The van der Waals surface area contributed by atoms with Crippen molar-refractivity contribution in [3.05, 3.63) is 35.4 Å². The number of hydrogen-bond donors (Lipinski definition) is 1. The van der Waals surface area contributed by atoms with Crippen LogP contribution in [0.15, 0.2) is 24.3 Å². The van der Waals surface area contributed by atoms with E-state index in [1.807, 2.05) is 7.05 Å². The molecule has 0 radical (unpaired) electrons. The first-order valence-corrected chi connectivity index (χ1v) is 6.48. The standard InChI is InChI=1S/C15H22F3N/c1-14(2,3)13(19-4)10-9-11-7-5-6-8-12(11)15(16,17)18/h5-8,13,19H,9-10H2,1-4H3. The van der Waals surface area contributed by atoms with Gasteiger partial charge >= 0.3 is 6.18 Å². The molecule has 1 aromatic carbocycles. The molecule has 0 bridgehead atoms. The van der Waals surface area contributed by atoms with Crippen molar-refractivity contribution in [3.63, 3.8) is 0 Å². The second-order valence-corrected chi connectivity index (χ2v) is 5.90. The molecule has 4 heteroatoms. The van der Waals surface area contributed by atoms with Gasteiger partial charge in [0, 0.05) is 6.04 Å². The smallest absolute Gasteiger partial charge is 0.316 e. The lowest BCUT2D eigenvalue weighted by atomic mass is 9.83. The van der Waals surface area contributed by atoms with Crippen molar-refractivity contribution >= 4 is 0 Å². The van der Waals surface area contributed by atoms with Crippen molar-refractivity contribution in [3.8, 4) is 0 Å². The van der Waals surface area contributed by atoms with E-state index in [1.54, 1.807) is 12.1 Å². The van der Waals surface area contributed by atoms with Crippen LogP contribution in [0.4, 0.5) is 13.2 Å². The molecule has 0 amide bonds. The summed E-state index contributed by atoms with van der Waals surface area (Å²) in [5.41, 5.74) is -0.111. The largest absolute Gasteiger partial charge is 0.416 e. The third-order valence-corrected chi connectivity index (χ3v) is 3.42. The average molecular weight is 273 g/mol. The van der Waals surface area contributed by atoms with Gasteiger partial charge in [0.2, 0.25) is 0 Å². The minimum atomic E-state index is -4.27. The fourth-order valence-corrected chi connectivity index (χ4v) is 2.33. The summed E-state index contributed by atoms with van der Waals surface area (Å²) < 4.78 is 38.6. The molecule has 0 fully saturated rings. The van der Waals surface area contributed by atoms with Crippen LogP contribution in [0.25, 0.3) is 0 Å². The summed E-state index contributed by atoms with van der Waals surface area (Å²) >= 11 is 0. The molecule has 0 aliphatic heterocycles. The second kappa shape index (κ2) is 5.95. The normalized spacial score (nSPS) is 14.5. The number of nitrogens with one attached hydrogen (secondary N) is 1. The summed E-state index contributed by atoms with van der Waals surface area (Å²) in [5.74, 6) is 0. The Morgan fingerprint density at radius 3 is 2.16 bits per heavy atom. The van der Waals surface area contributed by atoms with Gasteiger partial charge in [-0.25, -0.2) is 0 Å². The zero-order valence-electron chi connectivity index (χ0n) is 11.9. The van der Waals surface area contributed by atoms with Crippen molar-refractivity contribution in [1.82, 2.24) is 5.32 Å². The van der Waals surface area contributed by atoms with Crippen LogP contribution in [0.3, 0.4) is 0 Å². The Morgan fingerprint density at radius 2 is 1.68 bits per heavy atom. The second-order valence-electron chi connectivity index (χ2n) is 5.90. The molecule has 19 heavy (non-hydrogen) atoms. The molecule has 0 saturated heterocycles. The summed E-state index contributed by atoms with van der Waals surface area (Å²) in [5, 5.41) is 3.19. The van der Waals surface area contributed by atoms with Crippen molar-refractivity contribution in [1.29, 1.82) is 0 Å². The maximum atomic E-state index is 12.9. The minimum absolute atomic E-state index is 0.0297. The van der Waals surface area contributed by atoms with E-state index in [-0.39, 0.29) is 11.5 Å². The number of rotatable bonds is 4. The topological polar surface area (TPSA) is 12.0 Å². The van der Waals surface area contributed by atoms with Crippen LogP contribution in [-0.2, 0) is 12.6 Å². The van der Waals surface area contributed by atoms with Crippen LogP contribution < -0.4 is 5.32 Å². The predicted molar refractivity (Wildman–Crippen MR) is 72.1 cm³/mol. The highest BCUT2D eigenvalue weighted by Gasteiger charge is 2.33. The van der Waals surface area contributed by atoms with Crippen LogP contribution in [0, 0.1) is 5.41 Å². The first-order chi connectivity index (χ1) is 8.66. The number of aryl methyl sites for hydroxylation is 1. The quantitative estimate of drug-likeness (QED) is 0.863. The highest BCUT2D eigenvalue weighted by molar-refractivity contribution is 5.29. The maximum Gasteiger partial charge on any atom is 0.416 e. The molecule has 1 atom stereocenters. The average Bonchev–Trinajstić information content (AvgIpc) is 2.27. The Labute approximate surface area is 113 Å². The zero-order valence-corrected chi connectivity index (χ0v) is 11.9. The Morgan fingerprint density at radius 1 is 1.11 bits per heavy atom. The number of alkyl halides is 3. The molecule has 1 aromatic rings. The van der Waals surface area contributed by atoms with Gasteiger partial charge in [-0.2, -0.15) is 13.2 Å². The first-order valence-electron chi connectivity index (χ1n) is 6.48. The molecule has 1 rings (SSSR count). The molecule has 0 aliphatic carbocycles. The molecule has 0 aromatic heterocycles. The molecule has 0 saturated carbocycles. The number of hydrogen-bond acceptors (Lipinski definition) is 1. The van der Waals surface area contributed by atoms with Crippen molar-refractivity contribution in [2.24, 2.45) is 5.41 Å².